The molecule has 1 N–H and O–H groups in total. The number of halogens is 2. The molecule has 96 valence electrons. The summed E-state index contributed by atoms with van der Waals surface area (Å²) in [4.78, 5) is 0. The smallest absolute Gasteiger partial charge is 0.247 e. The quantitative estimate of drug-likeness (QED) is 0.908. The highest BCUT2D eigenvalue weighted by atomic mass is 35.5. The first-order chi connectivity index (χ1) is 8.17. The minimum Gasteiger partial charge on any atom is -0.420 e. The molecule has 2 heterocycles. The van der Waals surface area contributed by atoms with Crippen LogP contribution in [0.2, 0.25) is 0 Å². The molecule has 3 rings (SSSR count). The molecule has 1 aromatic heterocycles. The van der Waals surface area contributed by atoms with Gasteiger partial charge in [-0.3, -0.25) is 0 Å². The summed E-state index contributed by atoms with van der Waals surface area (Å²) in [6.45, 7) is 3.72. The van der Waals surface area contributed by atoms with Gasteiger partial charge in [-0.1, -0.05) is 6.07 Å². The topological polar surface area (TPSA) is 51.0 Å². The predicted molar refractivity (Wildman–Crippen MR) is 67.2 cm³/mol. The lowest BCUT2D eigenvalue weighted by Crippen LogP contribution is -2.54. The van der Waals surface area contributed by atoms with E-state index in [9.17, 15) is 4.39 Å². The van der Waals surface area contributed by atoms with Gasteiger partial charge in [0, 0.05) is 18.7 Å². The standard InChI is InChI=1S/C12H12FN3O.ClH/c1-12(6-14-7-12)11-16-15-10(17-11)8-3-2-4-9(13)5-8;/h2-5,14H,6-7H2,1H3;1H. The molecule has 18 heavy (non-hydrogen) atoms. The maximum absolute atomic E-state index is 13.1. The second-order valence-corrected chi connectivity index (χ2v) is 4.59. The molecular formula is C12H13ClFN3O. The molecule has 0 spiro atoms. The van der Waals surface area contributed by atoms with Gasteiger partial charge in [0.15, 0.2) is 0 Å². The van der Waals surface area contributed by atoms with E-state index in [4.69, 9.17) is 4.42 Å². The van der Waals surface area contributed by atoms with Gasteiger partial charge in [0.1, 0.15) is 5.82 Å². The highest BCUT2D eigenvalue weighted by molar-refractivity contribution is 5.85. The maximum atomic E-state index is 13.1. The summed E-state index contributed by atoms with van der Waals surface area (Å²) >= 11 is 0. The lowest BCUT2D eigenvalue weighted by Gasteiger charge is -2.35. The largest absolute Gasteiger partial charge is 0.420 e. The zero-order chi connectivity index (χ0) is 11.9. The Morgan fingerprint density at radius 3 is 2.72 bits per heavy atom. The van der Waals surface area contributed by atoms with Crippen molar-refractivity contribution < 1.29 is 8.81 Å². The Kier molecular flexibility index (Phi) is 3.36. The summed E-state index contributed by atoms with van der Waals surface area (Å²) < 4.78 is 18.7. The molecule has 0 radical (unpaired) electrons. The van der Waals surface area contributed by atoms with Gasteiger partial charge in [-0.2, -0.15) is 0 Å². The Morgan fingerprint density at radius 2 is 2.11 bits per heavy atom. The van der Waals surface area contributed by atoms with Crippen LogP contribution in [-0.4, -0.2) is 23.3 Å². The maximum Gasteiger partial charge on any atom is 0.247 e. The molecule has 1 fully saturated rings. The van der Waals surface area contributed by atoms with Crippen LogP contribution in [0.1, 0.15) is 12.8 Å². The molecule has 1 aliphatic heterocycles. The van der Waals surface area contributed by atoms with Gasteiger partial charge in [-0.15, -0.1) is 22.6 Å². The molecule has 0 atom stereocenters. The van der Waals surface area contributed by atoms with Gasteiger partial charge >= 0.3 is 0 Å². The third-order valence-electron chi connectivity index (χ3n) is 3.04. The second kappa shape index (κ2) is 4.66. The van der Waals surface area contributed by atoms with Gasteiger partial charge in [0.2, 0.25) is 11.8 Å². The Hall–Kier alpha value is -1.46. The van der Waals surface area contributed by atoms with E-state index in [0.29, 0.717) is 17.3 Å². The number of hydrogen-bond donors (Lipinski definition) is 1. The van der Waals surface area contributed by atoms with Crippen LogP contribution < -0.4 is 5.32 Å². The van der Waals surface area contributed by atoms with Crippen molar-refractivity contribution in [1.29, 1.82) is 0 Å². The number of hydrogen-bond acceptors (Lipinski definition) is 4. The van der Waals surface area contributed by atoms with Crippen molar-refractivity contribution >= 4 is 12.4 Å². The number of nitrogens with one attached hydrogen (secondary N) is 1. The van der Waals surface area contributed by atoms with Crippen molar-refractivity contribution in [2.24, 2.45) is 0 Å². The summed E-state index contributed by atoms with van der Waals surface area (Å²) in [5, 5.41) is 11.2. The molecule has 1 aromatic carbocycles. The van der Waals surface area contributed by atoms with E-state index in [1.807, 2.05) is 0 Å². The monoisotopic (exact) mass is 269 g/mol. The third-order valence-corrected chi connectivity index (χ3v) is 3.04. The summed E-state index contributed by atoms with van der Waals surface area (Å²) in [5.41, 5.74) is 0.526. The van der Waals surface area contributed by atoms with Gasteiger partial charge in [0.25, 0.3) is 0 Å². The molecule has 0 unspecified atom stereocenters. The fourth-order valence-electron chi connectivity index (χ4n) is 1.86. The van der Waals surface area contributed by atoms with Crippen LogP contribution in [-0.2, 0) is 5.41 Å². The SMILES string of the molecule is CC1(c2nnc(-c3cccc(F)c3)o2)CNC1.Cl. The van der Waals surface area contributed by atoms with Crippen LogP contribution in [0.4, 0.5) is 4.39 Å². The molecule has 0 amide bonds. The van der Waals surface area contributed by atoms with Crippen molar-refractivity contribution in [2.45, 2.75) is 12.3 Å². The Morgan fingerprint density at radius 1 is 1.33 bits per heavy atom. The molecule has 4 nitrogen and oxygen atoms in total. The average Bonchev–Trinajstić information content (AvgIpc) is 2.75. The minimum atomic E-state index is -0.307. The lowest BCUT2D eigenvalue weighted by atomic mass is 9.84. The van der Waals surface area contributed by atoms with Crippen LogP contribution in [0.5, 0.6) is 0 Å². The van der Waals surface area contributed by atoms with Crippen LogP contribution in [0.15, 0.2) is 28.7 Å². The normalized spacial score (nSPS) is 16.8. The second-order valence-electron chi connectivity index (χ2n) is 4.59. The van der Waals surface area contributed by atoms with Gasteiger partial charge < -0.3 is 9.73 Å². The van der Waals surface area contributed by atoms with E-state index in [2.05, 4.69) is 22.4 Å². The molecule has 0 aliphatic carbocycles. The Bertz CT molecular complexity index is 554. The van der Waals surface area contributed by atoms with E-state index >= 15 is 0 Å². The number of rotatable bonds is 2. The number of aromatic nitrogens is 2. The van der Waals surface area contributed by atoms with Crippen molar-refractivity contribution in [3.63, 3.8) is 0 Å². The van der Waals surface area contributed by atoms with Crippen molar-refractivity contribution in [1.82, 2.24) is 15.5 Å². The summed E-state index contributed by atoms with van der Waals surface area (Å²) in [7, 11) is 0. The zero-order valence-electron chi connectivity index (χ0n) is 9.81. The molecule has 1 saturated heterocycles. The molecule has 2 aromatic rings. The van der Waals surface area contributed by atoms with E-state index in [0.717, 1.165) is 13.1 Å². The first-order valence-electron chi connectivity index (χ1n) is 5.48. The minimum absolute atomic E-state index is 0. The van der Waals surface area contributed by atoms with Crippen molar-refractivity contribution in [3.8, 4) is 11.5 Å². The Balaban J connectivity index is 0.00000120. The number of nitrogens with zero attached hydrogens (tertiary/aromatic N) is 2. The first kappa shape index (κ1) is 13.0. The third kappa shape index (κ3) is 2.11. The number of benzene rings is 1. The summed E-state index contributed by atoms with van der Waals surface area (Å²) in [6.07, 6.45) is 0. The Labute approximate surface area is 110 Å². The van der Waals surface area contributed by atoms with Crippen molar-refractivity contribution in [3.05, 3.63) is 36.0 Å². The van der Waals surface area contributed by atoms with Gasteiger partial charge in [0.05, 0.1) is 5.41 Å². The van der Waals surface area contributed by atoms with Crippen LogP contribution in [0.25, 0.3) is 11.5 Å². The first-order valence-corrected chi connectivity index (χ1v) is 5.48. The van der Waals surface area contributed by atoms with Crippen LogP contribution in [0, 0.1) is 5.82 Å². The predicted octanol–water partition coefficient (Wildman–Crippen LogP) is 2.16. The molecule has 1 aliphatic rings. The molecule has 0 saturated carbocycles. The van der Waals surface area contributed by atoms with Gasteiger partial charge in [-0.25, -0.2) is 4.39 Å². The lowest BCUT2D eigenvalue weighted by molar-refractivity contribution is 0.244. The summed E-state index contributed by atoms with van der Waals surface area (Å²) in [6, 6.07) is 6.15. The molecule has 6 heteroatoms. The zero-order valence-corrected chi connectivity index (χ0v) is 10.6. The van der Waals surface area contributed by atoms with Gasteiger partial charge in [-0.05, 0) is 25.1 Å². The van der Waals surface area contributed by atoms with E-state index in [-0.39, 0.29) is 23.6 Å². The van der Waals surface area contributed by atoms with E-state index in [1.165, 1.54) is 12.1 Å². The highest BCUT2D eigenvalue weighted by Crippen LogP contribution is 2.29. The van der Waals surface area contributed by atoms with Crippen molar-refractivity contribution in [2.75, 3.05) is 13.1 Å². The molecular weight excluding hydrogens is 257 g/mol. The fourth-order valence-corrected chi connectivity index (χ4v) is 1.86. The van der Waals surface area contributed by atoms with E-state index < -0.39 is 0 Å². The van der Waals surface area contributed by atoms with E-state index in [1.54, 1.807) is 12.1 Å². The highest BCUT2D eigenvalue weighted by Gasteiger charge is 2.38. The van der Waals surface area contributed by atoms with Crippen LogP contribution >= 0.6 is 12.4 Å². The summed E-state index contributed by atoms with van der Waals surface area (Å²) in [5.74, 6) is 0.668. The fraction of sp³-hybridized carbons (Fsp3) is 0.333. The van der Waals surface area contributed by atoms with Crippen LogP contribution in [0.3, 0.4) is 0 Å². The average molecular weight is 270 g/mol. The molecule has 0 bridgehead atoms.